The molecule has 2 nitrogen and oxygen atoms in total. The van der Waals surface area contributed by atoms with Gasteiger partial charge in [-0.3, -0.25) is 0 Å². The van der Waals surface area contributed by atoms with Crippen molar-refractivity contribution in [2.75, 3.05) is 0 Å². The molecule has 0 spiro atoms. The van der Waals surface area contributed by atoms with Gasteiger partial charge in [-0.15, -0.1) is 11.8 Å². The first-order valence-electron chi connectivity index (χ1n) is 5.68. The van der Waals surface area contributed by atoms with Crippen molar-refractivity contribution >= 4 is 33.7 Å². The van der Waals surface area contributed by atoms with Gasteiger partial charge in [-0.2, -0.15) is 0 Å². The summed E-state index contributed by atoms with van der Waals surface area (Å²) in [6.07, 6.45) is 0. The number of aromatic carboxylic acids is 1. The summed E-state index contributed by atoms with van der Waals surface area (Å²) in [5, 5.41) is 8.85. The fourth-order valence-corrected chi connectivity index (χ4v) is 2.95. The monoisotopic (exact) mass is 376 g/mol. The van der Waals surface area contributed by atoms with Gasteiger partial charge in [0.05, 0.1) is 10.0 Å². The minimum Gasteiger partial charge on any atom is -0.478 e. The van der Waals surface area contributed by atoms with Gasteiger partial charge >= 0.3 is 5.97 Å². The maximum Gasteiger partial charge on any atom is 0.335 e. The molecule has 0 heterocycles. The molecule has 2 rings (SSSR count). The summed E-state index contributed by atoms with van der Waals surface area (Å²) in [5.74, 6) is -3.48. The van der Waals surface area contributed by atoms with E-state index in [2.05, 4.69) is 15.9 Å². The van der Waals surface area contributed by atoms with Gasteiger partial charge in [-0.25, -0.2) is 18.0 Å². The van der Waals surface area contributed by atoms with Crippen LogP contribution in [0.1, 0.15) is 15.9 Å². The standard InChI is InChI=1S/C14H8BrF3O2S/c15-9-2-4-10(16)8(13(9)18)6-21-12-5-7(14(19)20)1-3-11(12)17/h1-5H,6H2,(H,19,20). The number of thioether (sulfide) groups is 1. The molecule has 0 radical (unpaired) electrons. The summed E-state index contributed by atoms with van der Waals surface area (Å²) in [4.78, 5) is 10.9. The highest BCUT2D eigenvalue weighted by molar-refractivity contribution is 9.10. The molecule has 21 heavy (non-hydrogen) atoms. The molecular weight excluding hydrogens is 369 g/mol. The smallest absolute Gasteiger partial charge is 0.335 e. The number of halogens is 4. The third-order valence-electron chi connectivity index (χ3n) is 2.69. The molecule has 0 amide bonds. The topological polar surface area (TPSA) is 37.3 Å². The number of rotatable bonds is 4. The van der Waals surface area contributed by atoms with Crippen molar-refractivity contribution in [3.63, 3.8) is 0 Å². The van der Waals surface area contributed by atoms with E-state index in [1.54, 1.807) is 0 Å². The first-order valence-corrected chi connectivity index (χ1v) is 7.46. The zero-order valence-corrected chi connectivity index (χ0v) is 12.8. The van der Waals surface area contributed by atoms with Crippen molar-refractivity contribution in [3.8, 4) is 0 Å². The molecule has 0 bridgehead atoms. The van der Waals surface area contributed by atoms with E-state index in [0.29, 0.717) is 0 Å². The Morgan fingerprint density at radius 1 is 1.14 bits per heavy atom. The summed E-state index contributed by atoms with van der Waals surface area (Å²) >= 11 is 3.78. The van der Waals surface area contributed by atoms with Gasteiger partial charge in [-0.1, -0.05) is 0 Å². The normalized spacial score (nSPS) is 10.7. The fourth-order valence-electron chi connectivity index (χ4n) is 1.60. The zero-order valence-electron chi connectivity index (χ0n) is 10.4. The van der Waals surface area contributed by atoms with Gasteiger partial charge in [-0.05, 0) is 46.3 Å². The van der Waals surface area contributed by atoms with Crippen molar-refractivity contribution in [2.45, 2.75) is 10.6 Å². The minimum absolute atomic E-state index is 0.0219. The van der Waals surface area contributed by atoms with Crippen LogP contribution in [0.4, 0.5) is 13.2 Å². The van der Waals surface area contributed by atoms with Crippen LogP contribution in [0.2, 0.25) is 0 Å². The minimum atomic E-state index is -1.20. The second-order valence-electron chi connectivity index (χ2n) is 4.06. The summed E-state index contributed by atoms with van der Waals surface area (Å²) in [6.45, 7) is 0. The van der Waals surface area contributed by atoms with E-state index >= 15 is 0 Å². The Hall–Kier alpha value is -1.47. The van der Waals surface area contributed by atoms with Crippen LogP contribution in [-0.2, 0) is 5.75 Å². The van der Waals surface area contributed by atoms with E-state index in [1.165, 1.54) is 6.07 Å². The Kier molecular flexibility index (Phi) is 4.95. The molecule has 0 aliphatic heterocycles. The molecule has 0 saturated carbocycles. The summed E-state index contributed by atoms with van der Waals surface area (Å²) < 4.78 is 41.1. The highest BCUT2D eigenvalue weighted by atomic mass is 79.9. The average molecular weight is 377 g/mol. The lowest BCUT2D eigenvalue weighted by molar-refractivity contribution is 0.0696. The second-order valence-corrected chi connectivity index (χ2v) is 5.93. The Balaban J connectivity index is 2.26. The van der Waals surface area contributed by atoms with Crippen LogP contribution in [0.15, 0.2) is 39.7 Å². The van der Waals surface area contributed by atoms with Gasteiger partial charge in [0.25, 0.3) is 0 Å². The van der Waals surface area contributed by atoms with E-state index in [-0.39, 0.29) is 26.2 Å². The summed E-state index contributed by atoms with van der Waals surface area (Å²) in [6, 6.07) is 5.62. The number of hydrogen-bond donors (Lipinski definition) is 1. The largest absolute Gasteiger partial charge is 0.478 e. The molecule has 7 heteroatoms. The molecule has 0 unspecified atom stereocenters. The van der Waals surface area contributed by atoms with Crippen molar-refractivity contribution < 1.29 is 23.1 Å². The molecule has 110 valence electrons. The lowest BCUT2D eigenvalue weighted by atomic mass is 10.2. The Morgan fingerprint density at radius 2 is 1.81 bits per heavy atom. The Labute approximate surface area is 131 Å². The van der Waals surface area contributed by atoms with Crippen molar-refractivity contribution in [3.05, 3.63) is 63.4 Å². The van der Waals surface area contributed by atoms with Crippen LogP contribution in [-0.4, -0.2) is 11.1 Å². The van der Waals surface area contributed by atoms with Crippen LogP contribution in [0.25, 0.3) is 0 Å². The zero-order chi connectivity index (χ0) is 15.6. The third-order valence-corrected chi connectivity index (χ3v) is 4.36. The van der Waals surface area contributed by atoms with Crippen LogP contribution in [0.3, 0.4) is 0 Å². The third kappa shape index (κ3) is 3.59. The molecule has 0 fully saturated rings. The first kappa shape index (κ1) is 15.9. The van der Waals surface area contributed by atoms with Gasteiger partial charge in [0.2, 0.25) is 0 Å². The fraction of sp³-hybridized carbons (Fsp3) is 0.0714. The molecule has 0 aromatic heterocycles. The number of carboxylic acid groups (broad SMARTS) is 1. The quantitative estimate of drug-likeness (QED) is 0.611. The van der Waals surface area contributed by atoms with Gasteiger partial charge in [0, 0.05) is 16.2 Å². The van der Waals surface area contributed by atoms with Crippen molar-refractivity contribution in [2.24, 2.45) is 0 Å². The predicted molar refractivity (Wildman–Crippen MR) is 77.0 cm³/mol. The maximum absolute atomic E-state index is 13.8. The van der Waals surface area contributed by atoms with Crippen LogP contribution >= 0.6 is 27.7 Å². The van der Waals surface area contributed by atoms with Crippen LogP contribution in [0, 0.1) is 17.5 Å². The number of hydrogen-bond acceptors (Lipinski definition) is 2. The summed E-state index contributed by atoms with van der Waals surface area (Å²) in [7, 11) is 0. The Morgan fingerprint density at radius 3 is 2.48 bits per heavy atom. The van der Waals surface area contributed by atoms with Gasteiger partial charge in [0.15, 0.2) is 0 Å². The molecule has 0 aliphatic carbocycles. The van der Waals surface area contributed by atoms with Crippen molar-refractivity contribution in [1.29, 1.82) is 0 Å². The predicted octanol–water partition coefficient (Wildman–Crippen LogP) is 4.86. The first-order chi connectivity index (χ1) is 9.90. The van der Waals surface area contributed by atoms with Crippen LogP contribution < -0.4 is 0 Å². The molecule has 0 atom stereocenters. The number of carboxylic acids is 1. The highest BCUT2D eigenvalue weighted by Gasteiger charge is 2.15. The second kappa shape index (κ2) is 6.53. The molecule has 2 aromatic carbocycles. The van der Waals surface area contributed by atoms with E-state index in [1.807, 2.05) is 0 Å². The van der Waals surface area contributed by atoms with Crippen LogP contribution in [0.5, 0.6) is 0 Å². The lowest BCUT2D eigenvalue weighted by Gasteiger charge is -2.08. The SMILES string of the molecule is O=C(O)c1ccc(F)c(SCc2c(F)ccc(Br)c2F)c1. The van der Waals surface area contributed by atoms with E-state index in [0.717, 1.165) is 36.0 Å². The van der Waals surface area contributed by atoms with E-state index in [9.17, 15) is 18.0 Å². The van der Waals surface area contributed by atoms with Gasteiger partial charge < -0.3 is 5.11 Å². The Bertz CT molecular complexity index is 707. The lowest BCUT2D eigenvalue weighted by Crippen LogP contribution is -1.98. The molecule has 0 saturated heterocycles. The van der Waals surface area contributed by atoms with E-state index < -0.39 is 23.4 Å². The highest BCUT2D eigenvalue weighted by Crippen LogP contribution is 2.30. The van der Waals surface area contributed by atoms with Gasteiger partial charge in [0.1, 0.15) is 17.5 Å². The molecule has 2 aromatic rings. The van der Waals surface area contributed by atoms with Crippen molar-refractivity contribution in [1.82, 2.24) is 0 Å². The summed E-state index contributed by atoms with van der Waals surface area (Å²) in [5.41, 5.74) is -0.288. The molecule has 0 aliphatic rings. The molecular formula is C14H8BrF3O2S. The molecule has 1 N–H and O–H groups in total. The number of benzene rings is 2. The van der Waals surface area contributed by atoms with E-state index in [4.69, 9.17) is 5.11 Å². The average Bonchev–Trinajstić information content (AvgIpc) is 2.44. The number of carbonyl (C=O) groups is 1. The maximum atomic E-state index is 13.8.